The fraction of sp³-hybridized carbons (Fsp3) is 0.857. The number of rotatable bonds is 2. The van der Waals surface area contributed by atoms with Crippen molar-refractivity contribution in [1.29, 1.82) is 0 Å². The van der Waals surface area contributed by atoms with Crippen molar-refractivity contribution in [2.45, 2.75) is 25.2 Å². The minimum Gasteiger partial charge on any atom is -0.404 e. The third kappa shape index (κ3) is 9.82. The second-order valence-electron chi connectivity index (χ2n) is 3.10. The van der Waals surface area contributed by atoms with Gasteiger partial charge in [-0.2, -0.15) is 0 Å². The van der Waals surface area contributed by atoms with E-state index in [-0.39, 0.29) is 70.5 Å². The molecule has 0 aromatic rings. The minimum absolute atomic E-state index is 0. The van der Waals surface area contributed by atoms with Crippen molar-refractivity contribution in [2.75, 3.05) is 13.7 Å². The summed E-state index contributed by atoms with van der Waals surface area (Å²) in [5, 5.41) is 21.5. The van der Waals surface area contributed by atoms with Crippen LogP contribution in [0.5, 0.6) is 0 Å². The molecule has 3 N–H and O–H groups in total. The van der Waals surface area contributed by atoms with Crippen LogP contribution in [0.15, 0.2) is 0 Å². The Morgan fingerprint density at radius 3 is 2.12 bits per heavy atom. The van der Waals surface area contributed by atoms with E-state index in [0.717, 1.165) is 0 Å². The number of piperidine rings is 1. The van der Waals surface area contributed by atoms with E-state index in [0.29, 0.717) is 11.3 Å². The van der Waals surface area contributed by atoms with E-state index in [1.165, 1.54) is 7.11 Å². The van der Waals surface area contributed by atoms with Crippen LogP contribution in [0.2, 0.25) is 0 Å². The van der Waals surface area contributed by atoms with E-state index in [9.17, 15) is 13.2 Å². The Morgan fingerprint density at radius 2 is 1.82 bits per heavy atom. The van der Waals surface area contributed by atoms with Crippen LogP contribution in [0.1, 0.15) is 12.8 Å². The van der Waals surface area contributed by atoms with Crippen molar-refractivity contribution >= 4 is 7.32 Å². The van der Waals surface area contributed by atoms with Crippen molar-refractivity contribution in [1.82, 2.24) is 4.90 Å². The molecule has 5 nitrogen and oxygen atoms in total. The van der Waals surface area contributed by atoms with E-state index in [4.69, 9.17) is 19.8 Å². The van der Waals surface area contributed by atoms with Gasteiger partial charge >= 0.3 is 58.7 Å². The number of halogens is 3. The van der Waals surface area contributed by atoms with Crippen LogP contribution >= 0.6 is 0 Å². The summed E-state index contributed by atoms with van der Waals surface area (Å²) < 4.78 is 41.7. The molecule has 0 radical (unpaired) electrons. The van der Waals surface area contributed by atoms with E-state index in [1.807, 2.05) is 0 Å². The maximum absolute atomic E-state index is 12.9. The Morgan fingerprint density at radius 1 is 1.35 bits per heavy atom. The van der Waals surface area contributed by atoms with Gasteiger partial charge in [0, 0.05) is 13.5 Å². The summed E-state index contributed by atoms with van der Waals surface area (Å²) in [7, 11) is -0.706. The van der Waals surface area contributed by atoms with Crippen LogP contribution in [0.4, 0.5) is 13.2 Å². The molecule has 0 saturated carbocycles. The smallest absolute Gasteiger partial charge is 0.404 e. The molecule has 0 spiro atoms. The second-order valence-corrected chi connectivity index (χ2v) is 3.10. The molecule has 1 rings (SSSR count). The van der Waals surface area contributed by atoms with Crippen LogP contribution in [-0.2, 0) is 4.74 Å². The first-order chi connectivity index (χ1) is 7.38. The fourth-order valence-corrected chi connectivity index (χ4v) is 1.29. The van der Waals surface area contributed by atoms with Crippen molar-refractivity contribution < 1.29 is 84.4 Å². The Kier molecular flexibility index (Phi) is 13.5. The van der Waals surface area contributed by atoms with E-state index in [2.05, 4.69) is 0 Å². The molecule has 1 aliphatic heterocycles. The second kappa shape index (κ2) is 11.1. The van der Waals surface area contributed by atoms with Crippen molar-refractivity contribution in [3.05, 3.63) is 6.55 Å². The summed E-state index contributed by atoms with van der Waals surface area (Å²) in [5.74, 6) is 0. The van der Waals surface area contributed by atoms with Crippen LogP contribution in [0, 0.1) is 6.55 Å². The van der Waals surface area contributed by atoms with E-state index in [1.54, 1.807) is 0 Å². The molecular weight excluding hydrogens is 269 g/mol. The van der Waals surface area contributed by atoms with E-state index >= 15 is 0 Å². The standard InChI is InChI=1S/C7H11F3NO.BH3O3.K/c1-12-5-2-3-11(7(9)10)6(8)4-5;2-1(3)4;/h5-6H,2-4H2,1H3;2-4H;/q-1;;+1. The first-order valence-electron chi connectivity index (χ1n) is 4.54. The zero-order chi connectivity index (χ0) is 12.7. The number of hydrogen-bond donors (Lipinski definition) is 3. The molecule has 2 atom stereocenters. The molecule has 0 aromatic carbocycles. The van der Waals surface area contributed by atoms with Gasteiger partial charge in [-0.15, -0.1) is 0 Å². The number of likely N-dealkylation sites (tertiary alicyclic amines) is 1. The average Bonchev–Trinajstić information content (AvgIpc) is 2.16. The van der Waals surface area contributed by atoms with Crippen LogP contribution < -0.4 is 51.4 Å². The molecule has 96 valence electrons. The Labute approximate surface area is 141 Å². The number of hydrogen-bond acceptors (Lipinski definition) is 5. The first-order valence-corrected chi connectivity index (χ1v) is 4.54. The average molecular weight is 283 g/mol. The number of methoxy groups -OCH3 is 1. The van der Waals surface area contributed by atoms with Gasteiger partial charge in [-0.1, -0.05) is 0 Å². The van der Waals surface area contributed by atoms with Gasteiger partial charge in [0.15, 0.2) is 0 Å². The van der Waals surface area contributed by atoms with Crippen molar-refractivity contribution in [3.8, 4) is 0 Å². The minimum atomic E-state index is -2.17. The molecule has 0 aromatic heterocycles. The third-order valence-electron chi connectivity index (χ3n) is 2.04. The Balaban J connectivity index is 0. The van der Waals surface area contributed by atoms with Gasteiger partial charge in [-0.3, -0.25) is 0 Å². The van der Waals surface area contributed by atoms with E-state index < -0.39 is 20.2 Å². The molecule has 1 aliphatic rings. The normalized spacial score (nSPS) is 24.7. The third-order valence-corrected chi connectivity index (χ3v) is 2.04. The predicted molar refractivity (Wildman–Crippen MR) is 49.5 cm³/mol. The quantitative estimate of drug-likeness (QED) is 0.282. The van der Waals surface area contributed by atoms with Crippen LogP contribution in [-0.4, -0.2) is 53.3 Å². The van der Waals surface area contributed by atoms with Gasteiger partial charge in [-0.25, -0.2) is 4.39 Å². The molecule has 0 amide bonds. The maximum Gasteiger partial charge on any atom is 1.00 e. The van der Waals surface area contributed by atoms with Crippen molar-refractivity contribution in [2.24, 2.45) is 0 Å². The van der Waals surface area contributed by atoms with Crippen LogP contribution in [0.3, 0.4) is 0 Å². The summed E-state index contributed by atoms with van der Waals surface area (Å²) in [6.45, 7) is -1.92. The largest absolute Gasteiger partial charge is 1.00 e. The molecule has 0 aliphatic carbocycles. The zero-order valence-corrected chi connectivity index (χ0v) is 12.8. The molecule has 1 heterocycles. The summed E-state index contributed by atoms with van der Waals surface area (Å²) in [5.41, 5.74) is 0. The van der Waals surface area contributed by atoms with Gasteiger partial charge in [0.25, 0.3) is 0 Å². The zero-order valence-electron chi connectivity index (χ0n) is 9.68. The number of nitrogens with zero attached hydrogens (tertiary/aromatic N) is 1. The Hall–Kier alpha value is 1.29. The monoisotopic (exact) mass is 283 g/mol. The summed E-state index contributed by atoms with van der Waals surface area (Å²) in [4.78, 5) is 0.468. The van der Waals surface area contributed by atoms with Gasteiger partial charge in [0.2, 0.25) is 0 Å². The molecule has 10 heteroatoms. The molecule has 17 heavy (non-hydrogen) atoms. The number of ether oxygens (including phenoxy) is 1. The first kappa shape index (κ1) is 20.6. The Bertz CT molecular complexity index is 192. The molecule has 0 bridgehead atoms. The van der Waals surface area contributed by atoms with Gasteiger partial charge in [-0.05, 0) is 13.0 Å². The predicted octanol–water partition coefficient (Wildman–Crippen LogP) is -3.27. The summed E-state index contributed by atoms with van der Waals surface area (Å²) >= 11 is 0. The van der Waals surface area contributed by atoms with Crippen LogP contribution in [0.25, 0.3) is 0 Å². The van der Waals surface area contributed by atoms with Gasteiger partial charge in [0.1, 0.15) is 6.30 Å². The topological polar surface area (TPSA) is 73.2 Å². The van der Waals surface area contributed by atoms with Gasteiger partial charge < -0.3 is 33.5 Å². The molecule has 1 saturated heterocycles. The molecule has 2 unspecified atom stereocenters. The molecule has 1 fully saturated rings. The SMILES string of the molecule is COC1CCN([C-](F)F)C(F)C1.OB(O)O.[K+]. The molecular formula is C7H14BF3KNO4. The summed E-state index contributed by atoms with van der Waals surface area (Å²) in [6.07, 6.45) is -1.36. The van der Waals surface area contributed by atoms with Crippen molar-refractivity contribution in [3.63, 3.8) is 0 Å². The number of alkyl halides is 1. The fourth-order valence-electron chi connectivity index (χ4n) is 1.29. The maximum atomic E-state index is 12.9. The summed E-state index contributed by atoms with van der Waals surface area (Å²) in [6, 6.07) is 0. The van der Waals surface area contributed by atoms with Gasteiger partial charge in [0.05, 0.1) is 12.7 Å².